The summed E-state index contributed by atoms with van der Waals surface area (Å²) < 4.78 is 12.2. The van der Waals surface area contributed by atoms with E-state index in [1.165, 1.54) is 4.57 Å². The van der Waals surface area contributed by atoms with Gasteiger partial charge in [0.05, 0.1) is 16.6 Å². The molecule has 3 aromatic carbocycles. The minimum atomic E-state index is -0.248. The fourth-order valence-electron chi connectivity index (χ4n) is 3.34. The lowest BCUT2D eigenvalue weighted by Gasteiger charge is -2.12. The van der Waals surface area contributed by atoms with Crippen LogP contribution in [0.2, 0.25) is 0 Å². The van der Waals surface area contributed by atoms with Crippen LogP contribution in [0.25, 0.3) is 28.7 Å². The summed E-state index contributed by atoms with van der Waals surface area (Å²) in [7, 11) is 0. The van der Waals surface area contributed by atoms with Gasteiger partial charge in [-0.25, -0.2) is 4.98 Å². The molecule has 6 nitrogen and oxygen atoms in total. The van der Waals surface area contributed by atoms with Gasteiger partial charge in [-0.2, -0.15) is 0 Å². The molecule has 0 atom stereocenters. The van der Waals surface area contributed by atoms with Crippen LogP contribution in [0.15, 0.2) is 71.5 Å². The maximum Gasteiger partial charge on any atom is 0.266 e. The third-order valence-corrected chi connectivity index (χ3v) is 4.75. The summed E-state index contributed by atoms with van der Waals surface area (Å²) in [4.78, 5) is 17.9. The van der Waals surface area contributed by atoms with Crippen molar-refractivity contribution in [2.24, 2.45) is 0 Å². The summed E-state index contributed by atoms with van der Waals surface area (Å²) >= 11 is 0. The van der Waals surface area contributed by atoms with Crippen LogP contribution in [-0.2, 0) is 0 Å². The third kappa shape index (κ3) is 3.00. The van der Waals surface area contributed by atoms with Crippen molar-refractivity contribution in [2.75, 3.05) is 6.79 Å². The Morgan fingerprint density at radius 3 is 2.62 bits per heavy atom. The summed E-state index contributed by atoms with van der Waals surface area (Å²) in [6.07, 6.45) is 3.59. The first-order chi connectivity index (χ1) is 14.2. The van der Waals surface area contributed by atoms with Gasteiger partial charge in [-0.05, 0) is 48.0 Å². The second kappa shape index (κ2) is 6.83. The van der Waals surface area contributed by atoms with E-state index in [0.717, 1.165) is 5.56 Å². The normalized spacial score (nSPS) is 12.7. The van der Waals surface area contributed by atoms with Crippen LogP contribution < -0.4 is 15.0 Å². The number of para-hydroxylation sites is 3. The van der Waals surface area contributed by atoms with Gasteiger partial charge in [0.2, 0.25) is 6.79 Å². The van der Waals surface area contributed by atoms with Crippen molar-refractivity contribution in [3.8, 4) is 22.9 Å². The van der Waals surface area contributed by atoms with Gasteiger partial charge < -0.3 is 14.6 Å². The number of ether oxygens (including phenoxy) is 2. The first-order valence-electron chi connectivity index (χ1n) is 9.08. The first-order valence-corrected chi connectivity index (χ1v) is 9.08. The van der Waals surface area contributed by atoms with Gasteiger partial charge >= 0.3 is 0 Å². The molecule has 0 saturated heterocycles. The first kappa shape index (κ1) is 17.1. The van der Waals surface area contributed by atoms with E-state index in [2.05, 4.69) is 4.98 Å². The number of hydrogen-bond acceptors (Lipinski definition) is 5. The van der Waals surface area contributed by atoms with Crippen molar-refractivity contribution in [3.63, 3.8) is 0 Å². The Labute approximate surface area is 165 Å². The quantitative estimate of drug-likeness (QED) is 0.578. The average Bonchev–Trinajstić information content (AvgIpc) is 3.21. The Bertz CT molecular complexity index is 1320. The predicted molar refractivity (Wildman–Crippen MR) is 110 cm³/mol. The van der Waals surface area contributed by atoms with Crippen molar-refractivity contribution < 1.29 is 14.6 Å². The number of aromatic nitrogens is 2. The number of aromatic hydroxyl groups is 1. The Balaban J connectivity index is 1.69. The fraction of sp³-hybridized carbons (Fsp3) is 0.0435. The number of phenols is 1. The molecule has 1 N–H and O–H groups in total. The fourth-order valence-corrected chi connectivity index (χ4v) is 3.34. The van der Waals surface area contributed by atoms with E-state index < -0.39 is 0 Å². The third-order valence-electron chi connectivity index (χ3n) is 4.75. The Morgan fingerprint density at radius 1 is 0.931 bits per heavy atom. The maximum absolute atomic E-state index is 13.2. The predicted octanol–water partition coefficient (Wildman–Crippen LogP) is 3.99. The second-order valence-corrected chi connectivity index (χ2v) is 6.56. The number of rotatable bonds is 3. The van der Waals surface area contributed by atoms with E-state index >= 15 is 0 Å². The molecule has 0 bridgehead atoms. The summed E-state index contributed by atoms with van der Waals surface area (Å²) in [5, 5.41) is 10.8. The second-order valence-electron chi connectivity index (χ2n) is 6.56. The van der Waals surface area contributed by atoms with Crippen LogP contribution in [0.5, 0.6) is 17.2 Å². The van der Waals surface area contributed by atoms with Gasteiger partial charge in [-0.3, -0.25) is 9.36 Å². The Hall–Kier alpha value is -4.06. The highest BCUT2D eigenvalue weighted by atomic mass is 16.7. The number of hydrogen-bond donors (Lipinski definition) is 1. The lowest BCUT2D eigenvalue weighted by molar-refractivity contribution is 0.174. The molecule has 5 rings (SSSR count). The molecule has 4 aromatic rings. The zero-order chi connectivity index (χ0) is 19.8. The molecule has 0 radical (unpaired) electrons. The van der Waals surface area contributed by atoms with Crippen molar-refractivity contribution in [2.45, 2.75) is 0 Å². The van der Waals surface area contributed by atoms with Gasteiger partial charge in [0.1, 0.15) is 11.6 Å². The summed E-state index contributed by atoms with van der Waals surface area (Å²) in [5.41, 5.74) is 1.60. The topological polar surface area (TPSA) is 73.6 Å². The van der Waals surface area contributed by atoms with Crippen LogP contribution in [0.1, 0.15) is 11.4 Å². The molecule has 0 unspecified atom stereocenters. The van der Waals surface area contributed by atoms with E-state index in [1.54, 1.807) is 48.5 Å². The van der Waals surface area contributed by atoms with E-state index in [9.17, 15) is 9.90 Å². The number of fused-ring (bicyclic) bond motifs is 2. The van der Waals surface area contributed by atoms with Crippen LogP contribution in [0, 0.1) is 0 Å². The smallest absolute Gasteiger partial charge is 0.266 e. The highest BCUT2D eigenvalue weighted by molar-refractivity contribution is 5.80. The summed E-state index contributed by atoms with van der Waals surface area (Å²) in [5.74, 6) is 1.80. The molecular formula is C23H16N2O4. The van der Waals surface area contributed by atoms with Crippen molar-refractivity contribution in [1.29, 1.82) is 0 Å². The minimum Gasteiger partial charge on any atom is -0.506 e. The van der Waals surface area contributed by atoms with E-state index in [4.69, 9.17) is 9.47 Å². The number of nitrogens with zero attached hydrogens (tertiary/aromatic N) is 2. The van der Waals surface area contributed by atoms with Gasteiger partial charge in [-0.15, -0.1) is 0 Å². The minimum absolute atomic E-state index is 0.00408. The molecule has 142 valence electrons. The van der Waals surface area contributed by atoms with Crippen LogP contribution in [0.4, 0.5) is 0 Å². The molecule has 2 heterocycles. The molecular weight excluding hydrogens is 368 g/mol. The van der Waals surface area contributed by atoms with Gasteiger partial charge in [-0.1, -0.05) is 36.4 Å². The molecule has 0 saturated carbocycles. The lowest BCUT2D eigenvalue weighted by Crippen LogP contribution is -2.22. The van der Waals surface area contributed by atoms with Gasteiger partial charge in [0, 0.05) is 0 Å². The Morgan fingerprint density at radius 2 is 1.72 bits per heavy atom. The molecule has 0 fully saturated rings. The molecule has 29 heavy (non-hydrogen) atoms. The largest absolute Gasteiger partial charge is 0.506 e. The molecule has 6 heteroatoms. The van der Waals surface area contributed by atoms with E-state index in [-0.39, 0.29) is 18.1 Å². The Kier molecular flexibility index (Phi) is 4.02. The van der Waals surface area contributed by atoms with Crippen LogP contribution in [-0.4, -0.2) is 21.5 Å². The van der Waals surface area contributed by atoms with E-state index in [0.29, 0.717) is 33.9 Å². The van der Waals surface area contributed by atoms with Crippen LogP contribution in [0.3, 0.4) is 0 Å². The lowest BCUT2D eigenvalue weighted by atomic mass is 10.1. The molecule has 1 aliphatic heterocycles. The molecule has 1 aromatic heterocycles. The van der Waals surface area contributed by atoms with Crippen LogP contribution >= 0.6 is 0 Å². The summed E-state index contributed by atoms with van der Waals surface area (Å²) in [6, 6.07) is 19.5. The van der Waals surface area contributed by atoms with Crippen molar-refractivity contribution in [3.05, 3.63) is 88.5 Å². The number of phenolic OH excluding ortho intramolecular Hbond substituents is 1. The highest BCUT2D eigenvalue weighted by Gasteiger charge is 2.15. The maximum atomic E-state index is 13.2. The molecule has 0 amide bonds. The van der Waals surface area contributed by atoms with Crippen molar-refractivity contribution >= 4 is 23.1 Å². The molecule has 1 aliphatic rings. The number of benzene rings is 3. The molecule has 0 aliphatic carbocycles. The molecule has 0 spiro atoms. The van der Waals surface area contributed by atoms with Gasteiger partial charge in [0.25, 0.3) is 5.56 Å². The summed E-state index contributed by atoms with van der Waals surface area (Å²) in [6.45, 7) is 0.210. The van der Waals surface area contributed by atoms with E-state index in [1.807, 2.05) is 30.3 Å². The van der Waals surface area contributed by atoms with Crippen molar-refractivity contribution in [1.82, 2.24) is 9.55 Å². The zero-order valence-corrected chi connectivity index (χ0v) is 15.3. The zero-order valence-electron chi connectivity index (χ0n) is 15.3. The highest BCUT2D eigenvalue weighted by Crippen LogP contribution is 2.33. The monoisotopic (exact) mass is 384 g/mol. The average molecular weight is 384 g/mol. The standard InChI is InChI=1S/C23H16N2O4/c26-19-8-4-3-7-18(19)25-22(24-17-6-2-1-5-16(17)23(25)27)12-10-15-9-11-20-21(13-15)29-14-28-20/h1-13,26H,14H2. The SMILES string of the molecule is O=c1c2ccccc2nc(C=Cc2ccc3c(c2)OCO3)n1-c1ccccc1O. The van der Waals surface area contributed by atoms with Gasteiger partial charge in [0.15, 0.2) is 11.5 Å².